The van der Waals surface area contributed by atoms with Crippen molar-refractivity contribution in [2.45, 2.75) is 26.3 Å². The summed E-state index contributed by atoms with van der Waals surface area (Å²) in [5.41, 5.74) is 7.52. The maximum absolute atomic E-state index is 12.0. The van der Waals surface area contributed by atoms with E-state index in [1.165, 1.54) is 23.5 Å². The lowest BCUT2D eigenvalue weighted by Gasteiger charge is -2.07. The average molecular weight is 413 g/mol. The van der Waals surface area contributed by atoms with Crippen molar-refractivity contribution in [1.82, 2.24) is 15.0 Å². The van der Waals surface area contributed by atoms with Crippen LogP contribution in [-0.4, -0.2) is 31.8 Å². The summed E-state index contributed by atoms with van der Waals surface area (Å²) in [6.07, 6.45) is 2.11. The van der Waals surface area contributed by atoms with Crippen LogP contribution in [0, 0.1) is 17.0 Å². The molecule has 0 aliphatic heterocycles. The lowest BCUT2D eigenvalue weighted by molar-refractivity contribution is -0.384. The minimum Gasteiger partial charge on any atom is -0.324 e. The number of carbonyl (C=O) groups excluding carboxylic acids is 1. The quantitative estimate of drug-likeness (QED) is 0.395. The van der Waals surface area contributed by atoms with Crippen molar-refractivity contribution in [3.63, 3.8) is 0 Å². The van der Waals surface area contributed by atoms with Gasteiger partial charge in [-0.1, -0.05) is 24.3 Å². The molecule has 0 bridgehead atoms. The van der Waals surface area contributed by atoms with E-state index in [0.717, 1.165) is 4.88 Å². The molecular weight excluding hydrogens is 394 g/mol. The van der Waals surface area contributed by atoms with Gasteiger partial charge in [-0.3, -0.25) is 14.9 Å². The van der Waals surface area contributed by atoms with Gasteiger partial charge in [-0.15, -0.1) is 0 Å². The Morgan fingerprint density at radius 2 is 2.14 bits per heavy atom. The van der Waals surface area contributed by atoms with E-state index in [2.05, 4.69) is 25.6 Å². The lowest BCUT2D eigenvalue weighted by atomic mass is 10.2. The number of nitrogens with one attached hydrogen (secondary N) is 2. The number of rotatable bonds is 7. The van der Waals surface area contributed by atoms with Crippen LogP contribution in [-0.2, 0) is 4.79 Å². The first-order valence-electron chi connectivity index (χ1n) is 8.76. The van der Waals surface area contributed by atoms with Crippen LogP contribution in [0.3, 0.4) is 0 Å². The molecular formula is C18H19N7O3S. The van der Waals surface area contributed by atoms with E-state index in [9.17, 15) is 14.9 Å². The van der Waals surface area contributed by atoms with Crippen molar-refractivity contribution in [2.24, 2.45) is 5.73 Å². The minimum atomic E-state index is -0.590. The molecule has 2 aromatic heterocycles. The summed E-state index contributed by atoms with van der Waals surface area (Å²) in [6, 6.07) is 7.21. The van der Waals surface area contributed by atoms with Crippen LogP contribution in [0.25, 0.3) is 10.6 Å². The van der Waals surface area contributed by atoms with Crippen LogP contribution in [0.2, 0.25) is 0 Å². The third-order valence-electron chi connectivity index (χ3n) is 4.00. The van der Waals surface area contributed by atoms with Gasteiger partial charge in [0, 0.05) is 24.0 Å². The monoisotopic (exact) mass is 413 g/mol. The number of aryl methyl sites for hydroxylation is 1. The first kappa shape index (κ1) is 20.3. The van der Waals surface area contributed by atoms with E-state index >= 15 is 0 Å². The molecule has 0 saturated heterocycles. The molecule has 10 nitrogen and oxygen atoms in total. The van der Waals surface area contributed by atoms with Crippen molar-refractivity contribution in [3.8, 4) is 10.6 Å². The number of nitro benzene ring substituents is 1. The van der Waals surface area contributed by atoms with Gasteiger partial charge in [0.25, 0.3) is 5.69 Å². The second-order valence-electron chi connectivity index (χ2n) is 6.14. The fourth-order valence-electron chi connectivity index (χ4n) is 2.44. The van der Waals surface area contributed by atoms with Crippen molar-refractivity contribution >= 4 is 39.7 Å². The Kier molecular flexibility index (Phi) is 6.10. The highest BCUT2D eigenvalue weighted by Gasteiger charge is 2.17. The van der Waals surface area contributed by atoms with Crippen LogP contribution < -0.4 is 16.4 Å². The number of amides is 1. The Morgan fingerprint density at radius 1 is 1.34 bits per heavy atom. The van der Waals surface area contributed by atoms with Gasteiger partial charge < -0.3 is 16.4 Å². The molecule has 1 unspecified atom stereocenters. The topological polar surface area (TPSA) is 149 Å². The maximum Gasteiger partial charge on any atom is 0.271 e. The fraction of sp³-hybridized carbons (Fsp3) is 0.222. The third-order valence-corrected chi connectivity index (χ3v) is 5.10. The number of benzene rings is 1. The van der Waals surface area contributed by atoms with E-state index in [-0.39, 0.29) is 17.5 Å². The van der Waals surface area contributed by atoms with Crippen LogP contribution in [0.4, 0.5) is 22.5 Å². The van der Waals surface area contributed by atoms with Gasteiger partial charge >= 0.3 is 0 Å². The van der Waals surface area contributed by atoms with Gasteiger partial charge in [0.2, 0.25) is 11.9 Å². The first-order chi connectivity index (χ1) is 13.9. The number of non-ortho nitro benzene ring substituents is 1. The smallest absolute Gasteiger partial charge is 0.271 e. The highest BCUT2D eigenvalue weighted by atomic mass is 32.1. The molecule has 3 rings (SSSR count). The highest BCUT2D eigenvalue weighted by molar-refractivity contribution is 7.19. The molecule has 0 spiro atoms. The second-order valence-corrected chi connectivity index (χ2v) is 7.13. The molecule has 2 heterocycles. The summed E-state index contributed by atoms with van der Waals surface area (Å²) in [5.74, 6) is -0.00194. The standard InChI is InChI=1S/C18H19N7O3S/c1-3-13(19)16(26)24-18-21-10(2)15(29-18)14-7-8-20-17(23-14)22-11-5-4-6-12(9-11)25(27)28/h4-9,13H,3,19H2,1-2H3,(H,20,22,23)(H,21,24,26). The SMILES string of the molecule is CCC(N)C(=O)Nc1nc(C)c(-c2ccnc(Nc3cccc([N+](=O)[O-])c3)n2)s1. The predicted octanol–water partition coefficient (Wildman–Crippen LogP) is 3.24. The van der Waals surface area contributed by atoms with E-state index in [0.29, 0.717) is 28.6 Å². The minimum absolute atomic E-state index is 0.0323. The number of hydrogen-bond donors (Lipinski definition) is 3. The molecule has 0 fully saturated rings. The van der Waals surface area contributed by atoms with E-state index in [1.54, 1.807) is 24.4 Å². The summed E-state index contributed by atoms with van der Waals surface area (Å²) in [7, 11) is 0. The second kappa shape index (κ2) is 8.71. The molecule has 4 N–H and O–H groups in total. The van der Waals surface area contributed by atoms with Crippen molar-refractivity contribution in [1.29, 1.82) is 0 Å². The average Bonchev–Trinajstić information content (AvgIpc) is 3.07. The first-order valence-corrected chi connectivity index (χ1v) is 9.57. The lowest BCUT2D eigenvalue weighted by Crippen LogP contribution is -2.34. The summed E-state index contributed by atoms with van der Waals surface area (Å²) >= 11 is 1.28. The molecule has 0 aliphatic carbocycles. The number of nitrogens with two attached hydrogens (primary N) is 1. The van der Waals surface area contributed by atoms with Crippen LogP contribution in [0.15, 0.2) is 36.5 Å². The molecule has 3 aromatic rings. The Labute approximate surface area is 170 Å². The largest absolute Gasteiger partial charge is 0.324 e. The van der Waals surface area contributed by atoms with E-state index in [1.807, 2.05) is 13.8 Å². The van der Waals surface area contributed by atoms with Gasteiger partial charge in [0.1, 0.15) is 0 Å². The predicted molar refractivity (Wildman–Crippen MR) is 111 cm³/mol. The number of nitro groups is 1. The number of anilines is 3. The van der Waals surface area contributed by atoms with Gasteiger partial charge in [-0.05, 0) is 25.5 Å². The molecule has 0 aliphatic rings. The number of nitrogens with zero attached hydrogens (tertiary/aromatic N) is 4. The Bertz CT molecular complexity index is 1050. The zero-order valence-electron chi connectivity index (χ0n) is 15.7. The van der Waals surface area contributed by atoms with E-state index < -0.39 is 11.0 Å². The summed E-state index contributed by atoms with van der Waals surface area (Å²) in [4.78, 5) is 36.2. The maximum atomic E-state index is 12.0. The molecule has 1 aromatic carbocycles. The van der Waals surface area contributed by atoms with Gasteiger partial charge in [0.15, 0.2) is 5.13 Å². The van der Waals surface area contributed by atoms with Crippen molar-refractivity contribution in [2.75, 3.05) is 10.6 Å². The molecule has 0 radical (unpaired) electrons. The Balaban J connectivity index is 1.82. The van der Waals surface area contributed by atoms with Crippen LogP contribution in [0.5, 0.6) is 0 Å². The molecule has 29 heavy (non-hydrogen) atoms. The zero-order chi connectivity index (χ0) is 21.0. The third kappa shape index (κ3) is 4.89. The summed E-state index contributed by atoms with van der Waals surface area (Å²) < 4.78 is 0. The number of thiazole rings is 1. The number of aromatic nitrogens is 3. The summed E-state index contributed by atoms with van der Waals surface area (Å²) in [6.45, 7) is 3.65. The van der Waals surface area contributed by atoms with E-state index in [4.69, 9.17) is 5.73 Å². The van der Waals surface area contributed by atoms with Crippen molar-refractivity contribution < 1.29 is 9.72 Å². The number of hydrogen-bond acceptors (Lipinski definition) is 9. The van der Waals surface area contributed by atoms with Gasteiger partial charge in [-0.2, -0.15) is 0 Å². The molecule has 150 valence electrons. The van der Waals surface area contributed by atoms with Gasteiger partial charge in [0.05, 0.1) is 27.2 Å². The molecule has 1 atom stereocenters. The fourth-order valence-corrected chi connectivity index (χ4v) is 3.38. The highest BCUT2D eigenvalue weighted by Crippen LogP contribution is 2.32. The van der Waals surface area contributed by atoms with Crippen molar-refractivity contribution in [3.05, 3.63) is 52.3 Å². The van der Waals surface area contributed by atoms with Crippen LogP contribution >= 0.6 is 11.3 Å². The Hall–Kier alpha value is -3.44. The normalized spacial score (nSPS) is 11.7. The zero-order valence-corrected chi connectivity index (χ0v) is 16.6. The Morgan fingerprint density at radius 3 is 2.86 bits per heavy atom. The summed E-state index contributed by atoms with van der Waals surface area (Å²) in [5, 5.41) is 17.0. The number of carbonyl (C=O) groups is 1. The molecule has 11 heteroatoms. The molecule has 0 saturated carbocycles. The van der Waals surface area contributed by atoms with Gasteiger partial charge in [-0.25, -0.2) is 15.0 Å². The molecule has 1 amide bonds. The van der Waals surface area contributed by atoms with Crippen LogP contribution in [0.1, 0.15) is 19.0 Å².